The number of phenolic OH excluding ortho intramolecular Hbond substituents is 1. The van der Waals surface area contributed by atoms with Crippen LogP contribution in [-0.2, 0) is 0 Å². The van der Waals surface area contributed by atoms with Crippen LogP contribution in [0.1, 0.15) is 50.6 Å². The Morgan fingerprint density at radius 1 is 1.28 bits per heavy atom. The minimum atomic E-state index is 0.366. The predicted octanol–water partition coefficient (Wildman–Crippen LogP) is 3.97. The van der Waals surface area contributed by atoms with E-state index in [9.17, 15) is 5.11 Å². The van der Waals surface area contributed by atoms with Gasteiger partial charge in [0, 0.05) is 12.6 Å². The first-order valence-corrected chi connectivity index (χ1v) is 7.16. The Kier molecular flexibility index (Phi) is 4.65. The Hall–Kier alpha value is -1.02. The van der Waals surface area contributed by atoms with Crippen molar-refractivity contribution in [2.75, 3.05) is 13.6 Å². The number of hydrogen-bond donors (Lipinski definition) is 1. The second kappa shape index (κ2) is 6.24. The Labute approximate surface area is 111 Å². The number of hydrogen-bond acceptors (Lipinski definition) is 2. The molecule has 2 rings (SSSR count). The average molecular weight is 247 g/mol. The Morgan fingerprint density at radius 2 is 2.00 bits per heavy atom. The number of phenols is 1. The monoisotopic (exact) mass is 247 g/mol. The highest BCUT2D eigenvalue weighted by molar-refractivity contribution is 5.29. The first kappa shape index (κ1) is 13.4. The van der Waals surface area contributed by atoms with Gasteiger partial charge in [-0.1, -0.05) is 31.4 Å². The second-order valence-corrected chi connectivity index (χ2v) is 5.71. The lowest BCUT2D eigenvalue weighted by molar-refractivity contribution is 0.192. The normalized spacial score (nSPS) is 19.1. The van der Waals surface area contributed by atoms with Crippen molar-refractivity contribution in [3.63, 3.8) is 0 Å². The van der Waals surface area contributed by atoms with Gasteiger partial charge in [0.25, 0.3) is 0 Å². The molecule has 100 valence electrons. The molecule has 1 fully saturated rings. The molecule has 0 amide bonds. The molecule has 1 atom stereocenters. The van der Waals surface area contributed by atoms with E-state index in [-0.39, 0.29) is 0 Å². The maximum absolute atomic E-state index is 9.55. The smallest absolute Gasteiger partial charge is 0.115 e. The van der Waals surface area contributed by atoms with Gasteiger partial charge in [-0.15, -0.1) is 0 Å². The van der Waals surface area contributed by atoms with E-state index in [1.54, 1.807) is 6.07 Å². The summed E-state index contributed by atoms with van der Waals surface area (Å²) < 4.78 is 0. The highest BCUT2D eigenvalue weighted by atomic mass is 16.3. The lowest BCUT2D eigenvalue weighted by Crippen LogP contribution is -2.29. The molecule has 18 heavy (non-hydrogen) atoms. The van der Waals surface area contributed by atoms with Crippen LogP contribution >= 0.6 is 0 Å². The number of rotatable bonds is 4. The van der Waals surface area contributed by atoms with E-state index in [2.05, 4.69) is 24.9 Å². The minimum Gasteiger partial charge on any atom is -0.508 e. The number of nitrogens with zero attached hydrogens (tertiary/aromatic N) is 1. The Balaban J connectivity index is 1.93. The molecule has 1 unspecified atom stereocenters. The van der Waals surface area contributed by atoms with Crippen LogP contribution in [0.25, 0.3) is 0 Å². The number of aromatic hydroxyl groups is 1. The third kappa shape index (κ3) is 3.49. The van der Waals surface area contributed by atoms with Gasteiger partial charge in [0.15, 0.2) is 0 Å². The van der Waals surface area contributed by atoms with E-state index in [4.69, 9.17) is 0 Å². The van der Waals surface area contributed by atoms with E-state index in [0.717, 1.165) is 5.92 Å². The fourth-order valence-electron chi connectivity index (χ4n) is 2.97. The highest BCUT2D eigenvalue weighted by Crippen LogP contribution is 2.28. The third-order valence-electron chi connectivity index (χ3n) is 4.28. The van der Waals surface area contributed by atoms with Crippen LogP contribution in [0.5, 0.6) is 5.75 Å². The van der Waals surface area contributed by atoms with Gasteiger partial charge in [0.2, 0.25) is 0 Å². The summed E-state index contributed by atoms with van der Waals surface area (Å²) >= 11 is 0. The third-order valence-corrected chi connectivity index (χ3v) is 4.28. The van der Waals surface area contributed by atoms with Crippen molar-refractivity contribution < 1.29 is 5.11 Å². The average Bonchev–Trinajstić information content (AvgIpc) is 2.39. The van der Waals surface area contributed by atoms with Crippen molar-refractivity contribution in [3.05, 3.63) is 29.8 Å². The quantitative estimate of drug-likeness (QED) is 0.870. The molecule has 2 nitrogen and oxygen atoms in total. The van der Waals surface area contributed by atoms with Gasteiger partial charge in [-0.25, -0.2) is 0 Å². The maximum atomic E-state index is 9.55. The minimum absolute atomic E-state index is 0.366. The molecule has 0 heterocycles. The zero-order valence-electron chi connectivity index (χ0n) is 11.6. The van der Waals surface area contributed by atoms with Crippen LogP contribution in [0.2, 0.25) is 0 Å². The summed E-state index contributed by atoms with van der Waals surface area (Å²) in [4.78, 5) is 2.42. The Morgan fingerprint density at radius 3 is 2.67 bits per heavy atom. The van der Waals surface area contributed by atoms with Crippen molar-refractivity contribution >= 4 is 0 Å². The van der Waals surface area contributed by atoms with E-state index in [1.807, 2.05) is 12.1 Å². The first-order chi connectivity index (χ1) is 8.66. The van der Waals surface area contributed by atoms with Crippen molar-refractivity contribution in [2.24, 2.45) is 5.92 Å². The molecular weight excluding hydrogens is 222 g/mol. The van der Waals surface area contributed by atoms with Crippen molar-refractivity contribution in [1.29, 1.82) is 0 Å². The van der Waals surface area contributed by atoms with Crippen molar-refractivity contribution in [2.45, 2.75) is 45.1 Å². The largest absolute Gasteiger partial charge is 0.508 e. The molecule has 0 aromatic heterocycles. The predicted molar refractivity (Wildman–Crippen MR) is 75.7 cm³/mol. The van der Waals surface area contributed by atoms with E-state index >= 15 is 0 Å². The summed E-state index contributed by atoms with van der Waals surface area (Å²) in [5.41, 5.74) is 1.20. The zero-order chi connectivity index (χ0) is 13.0. The second-order valence-electron chi connectivity index (χ2n) is 5.71. The zero-order valence-corrected chi connectivity index (χ0v) is 11.6. The van der Waals surface area contributed by atoms with Gasteiger partial charge in [-0.3, -0.25) is 4.90 Å². The summed E-state index contributed by atoms with van der Waals surface area (Å²) in [5.74, 6) is 1.23. The van der Waals surface area contributed by atoms with Gasteiger partial charge < -0.3 is 5.11 Å². The van der Waals surface area contributed by atoms with E-state index in [1.165, 1.54) is 44.2 Å². The fraction of sp³-hybridized carbons (Fsp3) is 0.625. The Bertz CT molecular complexity index is 371. The van der Waals surface area contributed by atoms with E-state index in [0.29, 0.717) is 11.8 Å². The van der Waals surface area contributed by atoms with Gasteiger partial charge in [0.1, 0.15) is 5.75 Å². The van der Waals surface area contributed by atoms with Gasteiger partial charge in [-0.2, -0.15) is 0 Å². The van der Waals surface area contributed by atoms with Crippen LogP contribution in [-0.4, -0.2) is 23.6 Å². The van der Waals surface area contributed by atoms with Crippen molar-refractivity contribution in [1.82, 2.24) is 4.90 Å². The van der Waals surface area contributed by atoms with Crippen LogP contribution < -0.4 is 0 Å². The summed E-state index contributed by atoms with van der Waals surface area (Å²) in [6.07, 6.45) is 6.99. The molecule has 0 aliphatic heterocycles. The maximum Gasteiger partial charge on any atom is 0.115 e. The lowest BCUT2D eigenvalue weighted by atomic mass is 9.88. The molecule has 1 aliphatic rings. The first-order valence-electron chi connectivity index (χ1n) is 7.16. The lowest BCUT2D eigenvalue weighted by Gasteiger charge is -2.31. The van der Waals surface area contributed by atoms with Crippen LogP contribution in [0, 0.1) is 5.92 Å². The molecule has 1 aromatic carbocycles. The molecule has 0 saturated heterocycles. The summed E-state index contributed by atoms with van der Waals surface area (Å²) in [6, 6.07) is 8.01. The number of benzene rings is 1. The van der Waals surface area contributed by atoms with Crippen molar-refractivity contribution in [3.8, 4) is 5.75 Å². The topological polar surface area (TPSA) is 23.5 Å². The highest BCUT2D eigenvalue weighted by Gasteiger charge is 2.19. The van der Waals surface area contributed by atoms with Crippen LogP contribution in [0.15, 0.2) is 24.3 Å². The molecule has 1 aromatic rings. The molecule has 1 saturated carbocycles. The molecular formula is C16H25NO. The van der Waals surface area contributed by atoms with Gasteiger partial charge in [0.05, 0.1) is 0 Å². The van der Waals surface area contributed by atoms with Gasteiger partial charge >= 0.3 is 0 Å². The molecule has 2 heteroatoms. The summed E-state index contributed by atoms with van der Waals surface area (Å²) in [6.45, 7) is 3.40. The molecule has 0 spiro atoms. The summed E-state index contributed by atoms with van der Waals surface area (Å²) in [5, 5.41) is 9.55. The SMILES string of the molecule is CC(c1cccc(O)c1)N(C)CC1CCCCC1. The molecule has 1 aliphatic carbocycles. The van der Waals surface area contributed by atoms with E-state index < -0.39 is 0 Å². The van der Waals surface area contributed by atoms with Crippen LogP contribution in [0.4, 0.5) is 0 Å². The molecule has 0 radical (unpaired) electrons. The molecule has 0 bridgehead atoms. The standard InChI is InChI=1S/C16H25NO/c1-13(15-9-6-10-16(18)11-15)17(2)12-14-7-4-3-5-8-14/h6,9-11,13-14,18H,3-5,7-8,12H2,1-2H3. The van der Waals surface area contributed by atoms with Gasteiger partial charge in [-0.05, 0) is 50.4 Å². The van der Waals surface area contributed by atoms with Crippen LogP contribution in [0.3, 0.4) is 0 Å². The summed E-state index contributed by atoms with van der Waals surface area (Å²) in [7, 11) is 2.20. The fourth-order valence-corrected chi connectivity index (χ4v) is 2.97. The molecule has 1 N–H and O–H groups in total.